The Kier molecular flexibility index (Phi) is 6.90. The number of nitrogens with one attached hydrogen (secondary N) is 2. The highest BCUT2D eigenvalue weighted by atomic mass is 19.4. The minimum Gasteiger partial charge on any atom is -0.402 e. The summed E-state index contributed by atoms with van der Waals surface area (Å²) in [6.45, 7) is 1.86. The van der Waals surface area contributed by atoms with Crippen LogP contribution < -0.4 is 10.6 Å². The van der Waals surface area contributed by atoms with E-state index < -0.39 is 23.8 Å². The van der Waals surface area contributed by atoms with Crippen molar-refractivity contribution in [2.75, 3.05) is 10.6 Å². The zero-order chi connectivity index (χ0) is 29.3. The molecule has 6 rings (SSSR count). The third-order valence-corrected chi connectivity index (χ3v) is 6.43. The number of fused-ring (bicyclic) bond motifs is 1. The fraction of sp³-hybridized carbons (Fsp3) is 0.138. The van der Waals surface area contributed by atoms with Crippen LogP contribution >= 0.6 is 0 Å². The topological polar surface area (TPSA) is 131 Å². The first-order chi connectivity index (χ1) is 20.3. The van der Waals surface area contributed by atoms with E-state index in [1.807, 2.05) is 49.4 Å². The first-order valence-corrected chi connectivity index (χ1v) is 12.8. The summed E-state index contributed by atoms with van der Waals surface area (Å²) in [7, 11) is 0. The minimum atomic E-state index is -4.63. The van der Waals surface area contributed by atoms with Crippen LogP contribution in [0.2, 0.25) is 0 Å². The standard InChI is InChI=1S/C29H21F3N8O2/c1-2-22-33-13-17(14-34-22)20-12-18(29(30,31)32)15-35-24(20)27-39-40-28(42-27)38-25-26(41)36-21-11-7-6-10-19(21)23(37-25)16-8-4-3-5-9-16/h3-15,25H,2H2,1H3,(H,36,41)(H,38,40)/t25-/m1/s1. The van der Waals surface area contributed by atoms with Crippen LogP contribution in [0, 0.1) is 0 Å². The molecule has 10 nitrogen and oxygen atoms in total. The molecule has 3 aromatic heterocycles. The number of pyridine rings is 1. The average Bonchev–Trinajstić information content (AvgIpc) is 3.42. The Morgan fingerprint density at radius 1 is 0.905 bits per heavy atom. The van der Waals surface area contributed by atoms with Crippen molar-refractivity contribution < 1.29 is 22.4 Å². The maximum absolute atomic E-state index is 13.5. The Balaban J connectivity index is 1.36. The first-order valence-electron chi connectivity index (χ1n) is 12.8. The largest absolute Gasteiger partial charge is 0.417 e. The number of rotatable bonds is 6. The van der Waals surface area contributed by atoms with Crippen molar-refractivity contribution in [3.05, 3.63) is 102 Å². The summed E-state index contributed by atoms with van der Waals surface area (Å²) >= 11 is 0. The Hall–Kier alpha value is -5.46. The third kappa shape index (κ3) is 5.31. The lowest BCUT2D eigenvalue weighted by Gasteiger charge is -2.12. The van der Waals surface area contributed by atoms with Gasteiger partial charge in [0.1, 0.15) is 11.5 Å². The van der Waals surface area contributed by atoms with Gasteiger partial charge in [0.25, 0.3) is 11.8 Å². The van der Waals surface area contributed by atoms with Crippen LogP contribution in [-0.4, -0.2) is 42.9 Å². The van der Waals surface area contributed by atoms with Crippen LogP contribution in [0.15, 0.2) is 88.7 Å². The number of halogens is 3. The number of anilines is 2. The molecule has 0 radical (unpaired) electrons. The van der Waals surface area contributed by atoms with Gasteiger partial charge in [-0.25, -0.2) is 19.9 Å². The highest BCUT2D eigenvalue weighted by molar-refractivity contribution is 6.19. The normalized spacial score (nSPS) is 14.9. The fourth-order valence-electron chi connectivity index (χ4n) is 4.36. The van der Waals surface area contributed by atoms with Crippen LogP contribution in [0.1, 0.15) is 29.4 Å². The molecule has 0 aliphatic carbocycles. The van der Waals surface area contributed by atoms with Crippen molar-refractivity contribution in [3.63, 3.8) is 0 Å². The van der Waals surface area contributed by atoms with Crippen LogP contribution in [0.3, 0.4) is 0 Å². The van der Waals surface area contributed by atoms with Crippen molar-refractivity contribution in [2.45, 2.75) is 25.7 Å². The molecular formula is C29H21F3N8O2. The smallest absolute Gasteiger partial charge is 0.402 e. The zero-order valence-corrected chi connectivity index (χ0v) is 21.9. The predicted molar refractivity (Wildman–Crippen MR) is 147 cm³/mol. The van der Waals surface area contributed by atoms with E-state index in [0.717, 1.165) is 17.2 Å². The SMILES string of the molecule is CCc1ncc(-c2cc(C(F)(F)F)cnc2-c2nnc(N[C@H]3N=C(c4ccccc4)c4ccccc4NC3=O)o2)cn1. The van der Waals surface area contributed by atoms with Gasteiger partial charge < -0.3 is 15.1 Å². The number of hydrogen-bond acceptors (Lipinski definition) is 9. The van der Waals surface area contributed by atoms with E-state index in [1.54, 1.807) is 12.1 Å². The number of carbonyl (C=O) groups is 1. The molecule has 0 saturated heterocycles. The molecule has 42 heavy (non-hydrogen) atoms. The molecule has 5 aromatic rings. The van der Waals surface area contributed by atoms with E-state index in [2.05, 4.69) is 40.8 Å². The quantitative estimate of drug-likeness (QED) is 0.278. The second-order valence-corrected chi connectivity index (χ2v) is 9.20. The lowest BCUT2D eigenvalue weighted by atomic mass is 10.0. The van der Waals surface area contributed by atoms with Gasteiger partial charge in [-0.2, -0.15) is 13.2 Å². The molecule has 0 spiro atoms. The van der Waals surface area contributed by atoms with Gasteiger partial charge in [0.05, 0.1) is 17.0 Å². The van der Waals surface area contributed by atoms with Gasteiger partial charge in [-0.05, 0) is 12.1 Å². The molecule has 0 fully saturated rings. The number of benzodiazepines with no additional fused rings is 1. The Bertz CT molecular complexity index is 1790. The van der Waals surface area contributed by atoms with E-state index in [4.69, 9.17) is 4.42 Å². The minimum absolute atomic E-state index is 0.0115. The van der Waals surface area contributed by atoms with Gasteiger partial charge in [0.15, 0.2) is 0 Å². The summed E-state index contributed by atoms with van der Waals surface area (Å²) in [6.07, 6.45) is -1.74. The molecule has 13 heteroatoms. The molecule has 2 aromatic carbocycles. The Labute approximate surface area is 236 Å². The summed E-state index contributed by atoms with van der Waals surface area (Å²) in [4.78, 5) is 30.2. The van der Waals surface area contributed by atoms with Crippen LogP contribution in [0.4, 0.5) is 24.9 Å². The van der Waals surface area contributed by atoms with E-state index in [1.165, 1.54) is 12.4 Å². The highest BCUT2D eigenvalue weighted by Crippen LogP contribution is 2.36. The van der Waals surface area contributed by atoms with Crippen molar-refractivity contribution >= 4 is 23.3 Å². The van der Waals surface area contributed by atoms with Gasteiger partial charge in [0, 0.05) is 47.3 Å². The Morgan fingerprint density at radius 3 is 2.38 bits per heavy atom. The van der Waals surface area contributed by atoms with Crippen molar-refractivity contribution in [2.24, 2.45) is 4.99 Å². The molecule has 0 bridgehead atoms. The molecule has 1 amide bonds. The van der Waals surface area contributed by atoms with Crippen LogP contribution in [-0.2, 0) is 17.4 Å². The second kappa shape index (κ2) is 10.8. The molecule has 0 unspecified atom stereocenters. The summed E-state index contributed by atoms with van der Waals surface area (Å²) < 4.78 is 46.4. The van der Waals surface area contributed by atoms with Gasteiger partial charge >= 0.3 is 12.2 Å². The fourth-order valence-corrected chi connectivity index (χ4v) is 4.36. The Morgan fingerprint density at radius 2 is 1.64 bits per heavy atom. The maximum Gasteiger partial charge on any atom is 0.417 e. The van der Waals surface area contributed by atoms with E-state index >= 15 is 0 Å². The summed E-state index contributed by atoms with van der Waals surface area (Å²) in [5, 5.41) is 13.6. The molecule has 1 aliphatic heterocycles. The zero-order valence-electron chi connectivity index (χ0n) is 21.9. The molecule has 2 N–H and O–H groups in total. The number of alkyl halides is 3. The summed E-state index contributed by atoms with van der Waals surface area (Å²) in [5.41, 5.74) is 2.01. The van der Waals surface area contributed by atoms with Gasteiger partial charge in [-0.15, -0.1) is 5.10 Å². The molecular weight excluding hydrogens is 549 g/mol. The molecule has 4 heterocycles. The van der Waals surface area contributed by atoms with Gasteiger partial charge in [-0.3, -0.25) is 4.79 Å². The number of carbonyl (C=O) groups excluding carboxylic acids is 1. The van der Waals surface area contributed by atoms with Crippen molar-refractivity contribution in [1.29, 1.82) is 0 Å². The van der Waals surface area contributed by atoms with Crippen molar-refractivity contribution in [3.8, 4) is 22.7 Å². The van der Waals surface area contributed by atoms with Crippen LogP contribution in [0.25, 0.3) is 22.7 Å². The summed E-state index contributed by atoms with van der Waals surface area (Å²) in [6, 6.07) is 17.4. The molecule has 210 valence electrons. The third-order valence-electron chi connectivity index (χ3n) is 6.43. The molecule has 1 atom stereocenters. The van der Waals surface area contributed by atoms with E-state index in [9.17, 15) is 18.0 Å². The highest BCUT2D eigenvalue weighted by Gasteiger charge is 2.33. The number of benzene rings is 2. The van der Waals surface area contributed by atoms with Gasteiger partial charge in [0.2, 0.25) is 6.17 Å². The number of hydrogen-bond donors (Lipinski definition) is 2. The lowest BCUT2D eigenvalue weighted by molar-refractivity contribution is -0.137. The summed E-state index contributed by atoms with van der Waals surface area (Å²) in [5.74, 6) is -0.122. The lowest BCUT2D eigenvalue weighted by Crippen LogP contribution is -2.32. The van der Waals surface area contributed by atoms with Gasteiger partial charge in [-0.1, -0.05) is 60.6 Å². The molecule has 1 aliphatic rings. The first kappa shape index (κ1) is 26.7. The van der Waals surface area contributed by atoms with Crippen LogP contribution in [0.5, 0.6) is 0 Å². The maximum atomic E-state index is 13.5. The number of para-hydroxylation sites is 1. The number of aryl methyl sites for hydroxylation is 1. The second-order valence-electron chi connectivity index (χ2n) is 9.20. The van der Waals surface area contributed by atoms with Crippen molar-refractivity contribution in [1.82, 2.24) is 25.1 Å². The number of nitrogens with zero attached hydrogens (tertiary/aromatic N) is 6. The molecule has 0 saturated carbocycles. The number of amides is 1. The predicted octanol–water partition coefficient (Wildman–Crippen LogP) is 5.40. The number of aliphatic imine (C=N–C) groups is 1. The average molecular weight is 571 g/mol. The van der Waals surface area contributed by atoms with E-state index in [-0.39, 0.29) is 28.7 Å². The van der Waals surface area contributed by atoms with E-state index in [0.29, 0.717) is 29.8 Å². The monoisotopic (exact) mass is 570 g/mol. The number of aromatic nitrogens is 5.